The van der Waals surface area contributed by atoms with Gasteiger partial charge in [0.2, 0.25) is 5.91 Å². The van der Waals surface area contributed by atoms with Gasteiger partial charge in [0.1, 0.15) is 17.1 Å². The molecule has 1 amide bonds. The Hall–Kier alpha value is -1.68. The molecule has 0 aromatic carbocycles. The summed E-state index contributed by atoms with van der Waals surface area (Å²) in [5.41, 5.74) is 5.73. The third-order valence-corrected chi connectivity index (χ3v) is 5.80. The molecule has 116 valence electrons. The fourth-order valence-electron chi connectivity index (χ4n) is 2.44. The lowest BCUT2D eigenvalue weighted by molar-refractivity contribution is -0.149. The van der Waals surface area contributed by atoms with Crippen LogP contribution in [0.15, 0.2) is 22.9 Å². The molecule has 3 rings (SSSR count). The normalized spacial score (nSPS) is 24.6. The van der Waals surface area contributed by atoms with Crippen molar-refractivity contribution in [1.82, 2.24) is 15.3 Å². The quantitative estimate of drug-likeness (QED) is 0.418. The van der Waals surface area contributed by atoms with Crippen molar-refractivity contribution in [2.75, 3.05) is 5.75 Å². The molecule has 0 aliphatic carbocycles. The van der Waals surface area contributed by atoms with Crippen molar-refractivity contribution in [2.24, 2.45) is 5.84 Å². The van der Waals surface area contributed by atoms with Gasteiger partial charge < -0.3 is 5.11 Å². The fourth-order valence-corrected chi connectivity index (χ4v) is 4.46. The molecule has 0 spiro atoms. The lowest BCUT2D eigenvalue weighted by atomic mass is 10.0. The fraction of sp³-hybridized carbons (Fsp3) is 0.308. The Kier molecular flexibility index (Phi) is 4.04. The van der Waals surface area contributed by atoms with Crippen LogP contribution in [0.1, 0.15) is 10.6 Å². The van der Waals surface area contributed by atoms with E-state index in [9.17, 15) is 14.7 Å². The smallest absolute Gasteiger partial charge is 0.352 e. The topological polar surface area (TPSA) is 109 Å². The first-order chi connectivity index (χ1) is 10.5. The van der Waals surface area contributed by atoms with Gasteiger partial charge in [-0.2, -0.15) is 0 Å². The molecule has 0 radical (unpaired) electrons. The van der Waals surface area contributed by atoms with Gasteiger partial charge in [0, 0.05) is 10.6 Å². The van der Waals surface area contributed by atoms with E-state index in [2.05, 4.69) is 10.4 Å². The van der Waals surface area contributed by atoms with Gasteiger partial charge in [-0.3, -0.25) is 15.5 Å². The van der Waals surface area contributed by atoms with Crippen molar-refractivity contribution in [3.63, 3.8) is 0 Å². The molecule has 0 saturated carbocycles. The van der Waals surface area contributed by atoms with E-state index >= 15 is 0 Å². The standard InChI is InChI=1S/C13H14N4O3S2/c1-6-8(22-5-15-6)3-2-7-4-21-12-9(16-14)11(18)17(12)10(7)13(19)20/h2-3,5,9,12,16H,4,14H2,1H3,(H,19,20). The highest BCUT2D eigenvalue weighted by molar-refractivity contribution is 8.00. The van der Waals surface area contributed by atoms with Crippen LogP contribution in [0.3, 0.4) is 0 Å². The van der Waals surface area contributed by atoms with Gasteiger partial charge in [0.25, 0.3) is 0 Å². The minimum atomic E-state index is -1.10. The Balaban J connectivity index is 1.93. The summed E-state index contributed by atoms with van der Waals surface area (Å²) >= 11 is 2.98. The molecule has 22 heavy (non-hydrogen) atoms. The third-order valence-electron chi connectivity index (χ3n) is 3.60. The van der Waals surface area contributed by atoms with Gasteiger partial charge in [-0.1, -0.05) is 6.08 Å². The lowest BCUT2D eigenvalue weighted by Gasteiger charge is -2.48. The van der Waals surface area contributed by atoms with Crippen LogP contribution >= 0.6 is 23.1 Å². The number of rotatable bonds is 4. The van der Waals surface area contributed by atoms with E-state index in [0.717, 1.165) is 10.6 Å². The molecule has 1 fully saturated rings. The van der Waals surface area contributed by atoms with Crippen LogP contribution in [0.5, 0.6) is 0 Å². The number of nitrogens with two attached hydrogens (primary N) is 1. The maximum atomic E-state index is 12.0. The number of aromatic nitrogens is 1. The molecule has 2 aliphatic heterocycles. The van der Waals surface area contributed by atoms with E-state index in [-0.39, 0.29) is 17.0 Å². The largest absolute Gasteiger partial charge is 0.477 e. The monoisotopic (exact) mass is 338 g/mol. The highest BCUT2D eigenvalue weighted by Crippen LogP contribution is 2.40. The van der Waals surface area contributed by atoms with Gasteiger partial charge in [-0.05, 0) is 18.6 Å². The number of fused-ring (bicyclic) bond motifs is 1. The van der Waals surface area contributed by atoms with Crippen molar-refractivity contribution in [3.05, 3.63) is 33.4 Å². The number of hydrogen-bond donors (Lipinski definition) is 3. The van der Waals surface area contributed by atoms with Gasteiger partial charge in [-0.25, -0.2) is 15.2 Å². The molecule has 2 atom stereocenters. The maximum absolute atomic E-state index is 12.0. The second-order valence-corrected chi connectivity index (χ2v) is 6.86. The van der Waals surface area contributed by atoms with Gasteiger partial charge >= 0.3 is 5.97 Å². The summed E-state index contributed by atoms with van der Waals surface area (Å²) in [6, 6.07) is -0.520. The molecule has 1 aromatic rings. The number of carbonyl (C=O) groups excluding carboxylic acids is 1. The van der Waals surface area contributed by atoms with Crippen LogP contribution in [0.4, 0.5) is 0 Å². The molecule has 2 aliphatic rings. The molecule has 9 heteroatoms. The molecule has 1 saturated heterocycles. The van der Waals surface area contributed by atoms with Gasteiger partial charge in [-0.15, -0.1) is 23.1 Å². The average molecular weight is 338 g/mol. The molecule has 1 aromatic heterocycles. The Morgan fingerprint density at radius 1 is 1.59 bits per heavy atom. The number of β-lactam (4-membered cyclic amide) rings is 1. The van der Waals surface area contributed by atoms with Crippen LogP contribution in [0.25, 0.3) is 6.08 Å². The zero-order valence-electron chi connectivity index (χ0n) is 11.6. The summed E-state index contributed by atoms with van der Waals surface area (Å²) in [5, 5.41) is 9.20. The minimum absolute atomic E-state index is 0.0404. The lowest BCUT2D eigenvalue weighted by Crippen LogP contribution is -2.71. The summed E-state index contributed by atoms with van der Waals surface area (Å²) in [5.74, 6) is 4.44. The first-order valence-electron chi connectivity index (χ1n) is 6.50. The Labute approximate surface area is 134 Å². The summed E-state index contributed by atoms with van der Waals surface area (Å²) < 4.78 is 0. The number of hydrazine groups is 1. The molecule has 4 N–H and O–H groups in total. The Bertz CT molecular complexity index is 697. The second kappa shape index (κ2) is 5.84. The molecule has 2 unspecified atom stereocenters. The average Bonchev–Trinajstić information content (AvgIpc) is 2.90. The number of nitrogens with one attached hydrogen (secondary N) is 1. The number of nitrogens with zero attached hydrogens (tertiary/aromatic N) is 2. The van der Waals surface area contributed by atoms with E-state index in [1.165, 1.54) is 28.0 Å². The van der Waals surface area contributed by atoms with Crippen molar-refractivity contribution in [3.8, 4) is 0 Å². The Morgan fingerprint density at radius 3 is 2.95 bits per heavy atom. The van der Waals surface area contributed by atoms with E-state index < -0.39 is 12.0 Å². The molecular weight excluding hydrogens is 324 g/mol. The van der Waals surface area contributed by atoms with Crippen molar-refractivity contribution < 1.29 is 14.7 Å². The van der Waals surface area contributed by atoms with Crippen LogP contribution in [0.2, 0.25) is 0 Å². The highest BCUT2D eigenvalue weighted by atomic mass is 32.2. The predicted octanol–water partition coefficient (Wildman–Crippen LogP) is 0.550. The predicted molar refractivity (Wildman–Crippen MR) is 84.7 cm³/mol. The number of thiazole rings is 1. The third kappa shape index (κ3) is 2.35. The van der Waals surface area contributed by atoms with Crippen molar-refractivity contribution >= 4 is 41.1 Å². The Morgan fingerprint density at radius 2 is 2.36 bits per heavy atom. The molecule has 7 nitrogen and oxygen atoms in total. The number of aryl methyl sites for hydroxylation is 1. The van der Waals surface area contributed by atoms with Crippen LogP contribution in [-0.2, 0) is 9.59 Å². The second-order valence-electron chi connectivity index (χ2n) is 4.87. The maximum Gasteiger partial charge on any atom is 0.352 e. The molecule has 3 heterocycles. The van der Waals surface area contributed by atoms with E-state index in [1.54, 1.807) is 11.6 Å². The number of carboxylic acid groups (broad SMARTS) is 1. The zero-order chi connectivity index (χ0) is 15.9. The first kappa shape index (κ1) is 15.2. The summed E-state index contributed by atoms with van der Waals surface area (Å²) in [4.78, 5) is 30.0. The van der Waals surface area contributed by atoms with E-state index in [0.29, 0.717) is 11.3 Å². The number of allylic oxidation sites excluding steroid dienone is 1. The highest BCUT2D eigenvalue weighted by Gasteiger charge is 2.52. The number of aliphatic carboxylic acids is 1. The number of hydrogen-bond acceptors (Lipinski definition) is 7. The van der Waals surface area contributed by atoms with E-state index in [1.807, 2.05) is 13.0 Å². The first-order valence-corrected chi connectivity index (χ1v) is 8.43. The number of amides is 1. The van der Waals surface area contributed by atoms with Gasteiger partial charge in [0.05, 0.1) is 11.2 Å². The SMILES string of the molecule is Cc1ncsc1C=CC1=C(C(=O)O)N2C(=O)C(NN)C2SC1. The summed E-state index contributed by atoms with van der Waals surface area (Å²) in [7, 11) is 0. The summed E-state index contributed by atoms with van der Waals surface area (Å²) in [6.45, 7) is 1.89. The molecular formula is C13H14N4O3S2. The minimum Gasteiger partial charge on any atom is -0.477 e. The number of carbonyl (C=O) groups is 2. The number of carboxylic acids is 1. The number of thioether (sulfide) groups is 1. The van der Waals surface area contributed by atoms with Crippen molar-refractivity contribution in [2.45, 2.75) is 18.3 Å². The summed E-state index contributed by atoms with van der Waals surface area (Å²) in [6.07, 6.45) is 3.60. The van der Waals surface area contributed by atoms with E-state index in [4.69, 9.17) is 5.84 Å². The van der Waals surface area contributed by atoms with Crippen LogP contribution in [0, 0.1) is 6.92 Å². The van der Waals surface area contributed by atoms with Crippen LogP contribution in [-0.4, -0.2) is 44.0 Å². The van der Waals surface area contributed by atoms with Gasteiger partial charge in [0.15, 0.2) is 0 Å². The van der Waals surface area contributed by atoms with Crippen molar-refractivity contribution in [1.29, 1.82) is 0 Å². The van der Waals surface area contributed by atoms with Crippen LogP contribution < -0.4 is 11.3 Å². The zero-order valence-corrected chi connectivity index (χ0v) is 13.3. The molecule has 0 bridgehead atoms.